The molecule has 2 rings (SSSR count). The molecule has 0 aromatic heterocycles. The third-order valence-electron chi connectivity index (χ3n) is 4.47. The van der Waals surface area contributed by atoms with Crippen molar-refractivity contribution in [2.45, 2.75) is 32.2 Å². The van der Waals surface area contributed by atoms with Gasteiger partial charge < -0.3 is 10.4 Å². The van der Waals surface area contributed by atoms with Gasteiger partial charge in [0.1, 0.15) is 0 Å². The molecule has 0 spiro atoms. The lowest BCUT2D eigenvalue weighted by Crippen LogP contribution is -2.50. The molecule has 5 heteroatoms. The Morgan fingerprint density at radius 1 is 1.14 bits per heavy atom. The Kier molecular flexibility index (Phi) is 4.91. The molecular weight excluding hydrogens is 302 g/mol. The van der Waals surface area contributed by atoms with Crippen molar-refractivity contribution in [2.24, 2.45) is 11.8 Å². The first-order valence-electron chi connectivity index (χ1n) is 7.42. The van der Waals surface area contributed by atoms with Gasteiger partial charge in [0.25, 0.3) is 0 Å². The smallest absolute Gasteiger partial charge is 0.311 e. The van der Waals surface area contributed by atoms with E-state index in [0.29, 0.717) is 17.9 Å². The first kappa shape index (κ1) is 16.6. The maximum atomic E-state index is 12.5. The highest BCUT2D eigenvalue weighted by Gasteiger charge is 2.39. The van der Waals surface area contributed by atoms with Gasteiger partial charge in [-0.3, -0.25) is 9.59 Å². The van der Waals surface area contributed by atoms with E-state index in [1.807, 2.05) is 26.0 Å². The fourth-order valence-corrected chi connectivity index (χ4v) is 2.94. The number of hydrogen-bond donors (Lipinski definition) is 2. The summed E-state index contributed by atoms with van der Waals surface area (Å²) in [5.74, 6) is -2.53. The summed E-state index contributed by atoms with van der Waals surface area (Å²) in [6.45, 7) is 4.01. The van der Waals surface area contributed by atoms with E-state index < -0.39 is 23.3 Å². The molecule has 4 nitrogen and oxygen atoms in total. The van der Waals surface area contributed by atoms with Crippen molar-refractivity contribution in [2.75, 3.05) is 0 Å². The Bertz CT molecular complexity index is 590. The number of carboxylic acids is 1. The second kappa shape index (κ2) is 6.53. The largest absolute Gasteiger partial charge is 0.481 e. The number of rotatable bonds is 6. The minimum Gasteiger partial charge on any atom is -0.481 e. The highest BCUT2D eigenvalue weighted by atomic mass is 35.5. The summed E-state index contributed by atoms with van der Waals surface area (Å²) < 4.78 is 0. The number of benzene rings is 1. The number of carbonyl (C=O) groups excluding carboxylic acids is 1. The summed E-state index contributed by atoms with van der Waals surface area (Å²) in [5, 5.41) is 12.8. The van der Waals surface area contributed by atoms with Gasteiger partial charge >= 0.3 is 5.97 Å². The predicted molar refractivity (Wildman–Crippen MR) is 85.6 cm³/mol. The van der Waals surface area contributed by atoms with Gasteiger partial charge in [0.05, 0.1) is 17.4 Å². The molecule has 118 valence electrons. The molecule has 2 atom stereocenters. The first-order valence-corrected chi connectivity index (χ1v) is 7.80. The van der Waals surface area contributed by atoms with E-state index in [-0.39, 0.29) is 5.91 Å². The van der Waals surface area contributed by atoms with E-state index >= 15 is 0 Å². The third-order valence-corrected chi connectivity index (χ3v) is 4.72. The lowest BCUT2D eigenvalue weighted by Gasteiger charge is -2.36. The van der Waals surface area contributed by atoms with Crippen molar-refractivity contribution in [3.8, 4) is 0 Å². The van der Waals surface area contributed by atoms with Crippen molar-refractivity contribution in [3.63, 3.8) is 0 Å². The molecule has 1 aromatic carbocycles. The third kappa shape index (κ3) is 3.02. The van der Waals surface area contributed by atoms with Crippen LogP contribution in [0, 0.1) is 11.8 Å². The van der Waals surface area contributed by atoms with Gasteiger partial charge in [0, 0.05) is 5.02 Å². The molecule has 22 heavy (non-hydrogen) atoms. The van der Waals surface area contributed by atoms with Crippen molar-refractivity contribution in [1.82, 2.24) is 5.32 Å². The first-order chi connectivity index (χ1) is 10.4. The van der Waals surface area contributed by atoms with E-state index in [9.17, 15) is 9.59 Å². The summed E-state index contributed by atoms with van der Waals surface area (Å²) in [6.07, 6.45) is 4.62. The fraction of sp³-hybridized carbons (Fsp3) is 0.412. The molecule has 0 unspecified atom stereocenters. The van der Waals surface area contributed by atoms with Crippen LogP contribution >= 0.6 is 11.6 Å². The number of halogens is 1. The highest BCUT2D eigenvalue weighted by molar-refractivity contribution is 6.30. The highest BCUT2D eigenvalue weighted by Crippen LogP contribution is 2.32. The standard InChI is InChI=1S/C17H20ClNO3/c1-3-17(4-2,11-5-7-12(18)8-6-11)19-15(20)13-9-10-14(13)16(21)22/h5-10,13-14H,3-4H2,1-2H3,(H,19,20)(H,21,22)/t13-,14+/m1/s1. The molecule has 0 heterocycles. The van der Waals surface area contributed by atoms with Crippen molar-refractivity contribution in [3.05, 3.63) is 47.0 Å². The Balaban J connectivity index is 2.22. The number of nitrogens with one attached hydrogen (secondary N) is 1. The van der Waals surface area contributed by atoms with Gasteiger partial charge in [-0.05, 0) is 30.5 Å². The van der Waals surface area contributed by atoms with Crippen LogP contribution in [0.5, 0.6) is 0 Å². The normalized spacial score (nSPS) is 20.3. The van der Waals surface area contributed by atoms with Crippen molar-refractivity contribution < 1.29 is 14.7 Å². The molecule has 0 saturated heterocycles. The molecule has 1 amide bonds. The van der Waals surface area contributed by atoms with E-state index in [0.717, 1.165) is 5.56 Å². The van der Waals surface area contributed by atoms with Crippen LogP contribution in [0.25, 0.3) is 0 Å². The van der Waals surface area contributed by atoms with Crippen LogP contribution in [0.4, 0.5) is 0 Å². The number of carboxylic acid groups (broad SMARTS) is 1. The van der Waals surface area contributed by atoms with E-state index in [1.165, 1.54) is 0 Å². The van der Waals surface area contributed by atoms with Crippen LogP contribution in [0.2, 0.25) is 5.02 Å². The minimum atomic E-state index is -0.965. The molecule has 0 aliphatic heterocycles. The van der Waals surface area contributed by atoms with Gasteiger partial charge in [0.2, 0.25) is 5.91 Å². The average Bonchev–Trinajstić information content (AvgIpc) is 2.44. The number of carbonyl (C=O) groups is 2. The summed E-state index contributed by atoms with van der Waals surface area (Å²) >= 11 is 5.93. The van der Waals surface area contributed by atoms with Crippen LogP contribution in [0.15, 0.2) is 36.4 Å². The average molecular weight is 322 g/mol. The van der Waals surface area contributed by atoms with Gasteiger partial charge in [-0.2, -0.15) is 0 Å². The molecule has 1 aliphatic rings. The van der Waals surface area contributed by atoms with Gasteiger partial charge in [-0.25, -0.2) is 0 Å². The van der Waals surface area contributed by atoms with Crippen LogP contribution in [-0.4, -0.2) is 17.0 Å². The zero-order valence-electron chi connectivity index (χ0n) is 12.7. The van der Waals surface area contributed by atoms with Crippen LogP contribution < -0.4 is 5.32 Å². The minimum absolute atomic E-state index is 0.242. The predicted octanol–water partition coefficient (Wildman–Crippen LogP) is 3.36. The molecular formula is C17H20ClNO3. The van der Waals surface area contributed by atoms with Crippen LogP contribution in [-0.2, 0) is 15.1 Å². The van der Waals surface area contributed by atoms with Gasteiger partial charge in [-0.15, -0.1) is 0 Å². The van der Waals surface area contributed by atoms with Crippen LogP contribution in [0.1, 0.15) is 32.3 Å². The summed E-state index contributed by atoms with van der Waals surface area (Å²) in [4.78, 5) is 23.5. The van der Waals surface area contributed by atoms with E-state index in [1.54, 1.807) is 24.3 Å². The van der Waals surface area contributed by atoms with E-state index in [4.69, 9.17) is 16.7 Å². The summed E-state index contributed by atoms with van der Waals surface area (Å²) in [6, 6.07) is 7.40. The Hall–Kier alpha value is -1.81. The number of aliphatic carboxylic acids is 1. The molecule has 0 radical (unpaired) electrons. The maximum absolute atomic E-state index is 12.5. The quantitative estimate of drug-likeness (QED) is 0.789. The topological polar surface area (TPSA) is 66.4 Å². The molecule has 0 fully saturated rings. The van der Waals surface area contributed by atoms with Crippen molar-refractivity contribution >= 4 is 23.5 Å². The Labute approximate surface area is 135 Å². The monoisotopic (exact) mass is 321 g/mol. The number of hydrogen-bond acceptors (Lipinski definition) is 2. The van der Waals surface area contributed by atoms with Gasteiger partial charge in [0.15, 0.2) is 0 Å². The second-order valence-electron chi connectivity index (χ2n) is 5.56. The summed E-state index contributed by atoms with van der Waals surface area (Å²) in [5.41, 5.74) is 0.471. The lowest BCUT2D eigenvalue weighted by molar-refractivity contribution is -0.145. The second-order valence-corrected chi connectivity index (χ2v) is 6.00. The lowest BCUT2D eigenvalue weighted by atomic mass is 9.79. The molecule has 1 aliphatic carbocycles. The zero-order valence-corrected chi connectivity index (χ0v) is 13.4. The Morgan fingerprint density at radius 3 is 2.09 bits per heavy atom. The van der Waals surface area contributed by atoms with Gasteiger partial charge in [-0.1, -0.05) is 49.7 Å². The molecule has 2 N–H and O–H groups in total. The Morgan fingerprint density at radius 2 is 1.68 bits per heavy atom. The zero-order chi connectivity index (χ0) is 16.3. The van der Waals surface area contributed by atoms with E-state index in [2.05, 4.69) is 5.32 Å². The fourth-order valence-electron chi connectivity index (χ4n) is 2.82. The maximum Gasteiger partial charge on any atom is 0.311 e. The molecule has 1 aromatic rings. The molecule has 0 bridgehead atoms. The molecule has 0 saturated carbocycles. The SMILES string of the molecule is CCC(CC)(NC(=O)[C@@H]1C=C[C@@H]1C(=O)O)c1ccc(Cl)cc1. The van der Waals surface area contributed by atoms with Crippen molar-refractivity contribution in [1.29, 1.82) is 0 Å². The summed E-state index contributed by atoms with van der Waals surface area (Å²) in [7, 11) is 0. The van der Waals surface area contributed by atoms with Crippen LogP contribution in [0.3, 0.4) is 0 Å². The number of amides is 1.